The monoisotopic (exact) mass is 276 g/mol. The Kier molecular flexibility index (Phi) is 3.81. The third-order valence-electron chi connectivity index (χ3n) is 2.68. The van der Waals surface area contributed by atoms with Gasteiger partial charge in [-0.3, -0.25) is 0 Å². The van der Waals surface area contributed by atoms with Gasteiger partial charge in [0.05, 0.1) is 5.69 Å². The van der Waals surface area contributed by atoms with Crippen molar-refractivity contribution in [1.82, 2.24) is 9.97 Å². The minimum atomic E-state index is -1.06. The van der Waals surface area contributed by atoms with E-state index in [0.717, 1.165) is 0 Å². The fourth-order valence-electron chi connectivity index (χ4n) is 1.69. The molecule has 0 fully saturated rings. The first-order valence-corrected chi connectivity index (χ1v) is 6.23. The van der Waals surface area contributed by atoms with Gasteiger partial charge in [0.1, 0.15) is 11.4 Å². The fraction of sp³-hybridized carbons (Fsp3) is 0.214. The van der Waals surface area contributed by atoms with Crippen LogP contribution in [-0.4, -0.2) is 21.0 Å². The Labute approximate surface area is 116 Å². The first kappa shape index (κ1) is 13.5. The Bertz CT molecular complexity index is 627. The molecule has 4 nitrogen and oxygen atoms in total. The van der Waals surface area contributed by atoms with Gasteiger partial charge in [-0.2, -0.15) is 0 Å². The number of aromatic nitrogens is 2. The molecule has 2 aromatic rings. The number of nitrogens with zero attached hydrogens (tertiary/aromatic N) is 2. The van der Waals surface area contributed by atoms with Crippen molar-refractivity contribution in [3.05, 3.63) is 46.9 Å². The summed E-state index contributed by atoms with van der Waals surface area (Å²) in [4.78, 5) is 19.7. The molecule has 2 rings (SSSR count). The summed E-state index contributed by atoms with van der Waals surface area (Å²) in [6, 6.07) is 7.04. The van der Waals surface area contributed by atoms with Crippen molar-refractivity contribution < 1.29 is 9.90 Å². The molecule has 5 heteroatoms. The van der Waals surface area contributed by atoms with E-state index in [2.05, 4.69) is 9.97 Å². The molecule has 19 heavy (non-hydrogen) atoms. The lowest BCUT2D eigenvalue weighted by atomic mass is 10.1. The minimum Gasteiger partial charge on any atom is -0.478 e. The van der Waals surface area contributed by atoms with E-state index in [-0.39, 0.29) is 11.5 Å². The summed E-state index contributed by atoms with van der Waals surface area (Å²) in [6.07, 6.45) is 1.34. The second-order valence-corrected chi connectivity index (χ2v) is 4.84. The van der Waals surface area contributed by atoms with Gasteiger partial charge >= 0.3 is 5.97 Å². The number of carboxylic acids is 1. The highest BCUT2D eigenvalue weighted by molar-refractivity contribution is 6.33. The second-order valence-electron chi connectivity index (χ2n) is 4.43. The van der Waals surface area contributed by atoms with E-state index in [4.69, 9.17) is 11.6 Å². The Morgan fingerprint density at radius 3 is 2.58 bits per heavy atom. The van der Waals surface area contributed by atoms with Gasteiger partial charge in [0, 0.05) is 22.7 Å². The van der Waals surface area contributed by atoms with E-state index in [1.165, 1.54) is 6.20 Å². The predicted molar refractivity (Wildman–Crippen MR) is 73.5 cm³/mol. The molecule has 0 amide bonds. The van der Waals surface area contributed by atoms with Crippen LogP contribution in [0, 0.1) is 0 Å². The normalized spacial score (nSPS) is 10.7. The lowest BCUT2D eigenvalue weighted by molar-refractivity contribution is 0.0697. The summed E-state index contributed by atoms with van der Waals surface area (Å²) in [5, 5.41) is 9.70. The van der Waals surface area contributed by atoms with Gasteiger partial charge in [-0.05, 0) is 6.07 Å². The van der Waals surface area contributed by atoms with Crippen LogP contribution < -0.4 is 0 Å². The molecule has 0 bridgehead atoms. The van der Waals surface area contributed by atoms with Crippen LogP contribution in [0.5, 0.6) is 0 Å². The highest BCUT2D eigenvalue weighted by Crippen LogP contribution is 2.29. The fourth-order valence-corrected chi connectivity index (χ4v) is 1.91. The molecule has 1 aromatic carbocycles. The molecule has 0 radical (unpaired) electrons. The van der Waals surface area contributed by atoms with E-state index in [1.807, 2.05) is 13.8 Å². The molecule has 0 spiro atoms. The van der Waals surface area contributed by atoms with Crippen molar-refractivity contribution in [3.8, 4) is 11.3 Å². The van der Waals surface area contributed by atoms with Gasteiger partial charge in [0.2, 0.25) is 0 Å². The first-order chi connectivity index (χ1) is 9.00. The van der Waals surface area contributed by atoms with Crippen molar-refractivity contribution in [1.29, 1.82) is 0 Å². The molecule has 0 saturated carbocycles. The number of benzene rings is 1. The van der Waals surface area contributed by atoms with Gasteiger partial charge in [-0.1, -0.05) is 43.6 Å². The standard InChI is InChI=1S/C14H13ClN2O2/c1-8(2)13-16-7-10(14(18)19)12(17-13)9-5-3-4-6-11(9)15/h3-8H,1-2H3,(H,18,19). The third kappa shape index (κ3) is 2.74. The van der Waals surface area contributed by atoms with E-state index in [9.17, 15) is 9.90 Å². The molecule has 1 heterocycles. The smallest absolute Gasteiger partial charge is 0.339 e. The van der Waals surface area contributed by atoms with Crippen LogP contribution in [0.1, 0.15) is 35.9 Å². The summed E-state index contributed by atoms with van der Waals surface area (Å²) in [5.74, 6) is -0.353. The van der Waals surface area contributed by atoms with Crippen molar-refractivity contribution in [2.75, 3.05) is 0 Å². The van der Waals surface area contributed by atoms with Crippen LogP contribution in [0.2, 0.25) is 5.02 Å². The van der Waals surface area contributed by atoms with Crippen LogP contribution in [-0.2, 0) is 0 Å². The number of halogens is 1. The van der Waals surface area contributed by atoms with Crippen molar-refractivity contribution in [3.63, 3.8) is 0 Å². The Morgan fingerprint density at radius 1 is 1.32 bits per heavy atom. The summed E-state index contributed by atoms with van der Waals surface area (Å²) in [5.41, 5.74) is 1.01. The number of carboxylic acid groups (broad SMARTS) is 1. The molecule has 0 atom stereocenters. The molecule has 1 N–H and O–H groups in total. The number of hydrogen-bond donors (Lipinski definition) is 1. The van der Waals surface area contributed by atoms with E-state index in [0.29, 0.717) is 22.1 Å². The highest BCUT2D eigenvalue weighted by Gasteiger charge is 2.18. The van der Waals surface area contributed by atoms with Gasteiger partial charge in [-0.25, -0.2) is 14.8 Å². The minimum absolute atomic E-state index is 0.0532. The average molecular weight is 277 g/mol. The first-order valence-electron chi connectivity index (χ1n) is 5.86. The number of hydrogen-bond acceptors (Lipinski definition) is 3. The maximum Gasteiger partial charge on any atom is 0.339 e. The van der Waals surface area contributed by atoms with Crippen LogP contribution >= 0.6 is 11.6 Å². The second kappa shape index (κ2) is 5.36. The summed E-state index contributed by atoms with van der Waals surface area (Å²) >= 11 is 6.11. The summed E-state index contributed by atoms with van der Waals surface area (Å²) in [7, 11) is 0. The van der Waals surface area contributed by atoms with E-state index < -0.39 is 5.97 Å². The summed E-state index contributed by atoms with van der Waals surface area (Å²) < 4.78 is 0. The van der Waals surface area contributed by atoms with Gasteiger partial charge in [-0.15, -0.1) is 0 Å². The average Bonchev–Trinajstić information content (AvgIpc) is 2.38. The molecule has 0 aliphatic heterocycles. The largest absolute Gasteiger partial charge is 0.478 e. The van der Waals surface area contributed by atoms with Crippen molar-refractivity contribution in [2.45, 2.75) is 19.8 Å². The maximum atomic E-state index is 11.3. The third-order valence-corrected chi connectivity index (χ3v) is 3.01. The topological polar surface area (TPSA) is 63.1 Å². The van der Waals surface area contributed by atoms with E-state index >= 15 is 0 Å². The molecule has 1 aromatic heterocycles. The lowest BCUT2D eigenvalue weighted by Gasteiger charge is -2.10. The maximum absolute atomic E-state index is 11.3. The molecular formula is C14H13ClN2O2. The van der Waals surface area contributed by atoms with Gasteiger partial charge < -0.3 is 5.11 Å². The summed E-state index contributed by atoms with van der Waals surface area (Å²) in [6.45, 7) is 3.90. The molecule has 0 unspecified atom stereocenters. The molecule has 98 valence electrons. The van der Waals surface area contributed by atoms with E-state index in [1.54, 1.807) is 24.3 Å². The van der Waals surface area contributed by atoms with Crippen LogP contribution in [0.3, 0.4) is 0 Å². The van der Waals surface area contributed by atoms with Gasteiger partial charge in [0.15, 0.2) is 0 Å². The number of carbonyl (C=O) groups is 1. The lowest BCUT2D eigenvalue weighted by Crippen LogP contribution is -2.07. The Balaban J connectivity index is 2.68. The van der Waals surface area contributed by atoms with Crippen LogP contribution in [0.15, 0.2) is 30.5 Å². The van der Waals surface area contributed by atoms with Gasteiger partial charge in [0.25, 0.3) is 0 Å². The predicted octanol–water partition coefficient (Wildman–Crippen LogP) is 3.62. The van der Waals surface area contributed by atoms with Crippen molar-refractivity contribution >= 4 is 17.6 Å². The SMILES string of the molecule is CC(C)c1ncc(C(=O)O)c(-c2ccccc2Cl)n1. The molecular weight excluding hydrogens is 264 g/mol. The molecule has 0 aliphatic rings. The highest BCUT2D eigenvalue weighted by atomic mass is 35.5. The zero-order chi connectivity index (χ0) is 14.0. The molecule has 0 saturated heterocycles. The van der Waals surface area contributed by atoms with Crippen molar-refractivity contribution in [2.24, 2.45) is 0 Å². The zero-order valence-electron chi connectivity index (χ0n) is 10.6. The van der Waals surface area contributed by atoms with Crippen LogP contribution in [0.4, 0.5) is 0 Å². The zero-order valence-corrected chi connectivity index (χ0v) is 11.3. The Morgan fingerprint density at radius 2 is 2.00 bits per heavy atom. The quantitative estimate of drug-likeness (QED) is 0.930. The number of rotatable bonds is 3. The van der Waals surface area contributed by atoms with Crippen LogP contribution in [0.25, 0.3) is 11.3 Å². The Hall–Kier alpha value is -1.94. The number of aromatic carboxylic acids is 1. The molecule has 0 aliphatic carbocycles.